The van der Waals surface area contributed by atoms with Gasteiger partial charge in [0.2, 0.25) is 0 Å². The molecule has 3 rings (SSSR count). The summed E-state index contributed by atoms with van der Waals surface area (Å²) in [5.74, 6) is 1.62. The van der Waals surface area contributed by atoms with Gasteiger partial charge >= 0.3 is 0 Å². The van der Waals surface area contributed by atoms with Crippen LogP contribution in [0.3, 0.4) is 0 Å². The number of rotatable bonds is 3. The SMILES string of the molecule is Cc1ccc(C(C)Nc2ccc3nnc(C)n3n2)s1. The van der Waals surface area contributed by atoms with Crippen molar-refractivity contribution in [3.63, 3.8) is 0 Å². The molecule has 3 aromatic heterocycles. The van der Waals surface area contributed by atoms with Crippen LogP contribution in [-0.4, -0.2) is 19.8 Å². The molecule has 0 aromatic carbocycles. The predicted molar refractivity (Wildman–Crippen MR) is 76.6 cm³/mol. The summed E-state index contributed by atoms with van der Waals surface area (Å²) in [6, 6.07) is 8.38. The van der Waals surface area contributed by atoms with E-state index in [0.29, 0.717) is 0 Å². The van der Waals surface area contributed by atoms with E-state index >= 15 is 0 Å². The van der Waals surface area contributed by atoms with Crippen molar-refractivity contribution in [3.8, 4) is 0 Å². The Labute approximate surface area is 115 Å². The zero-order valence-corrected chi connectivity index (χ0v) is 11.9. The van der Waals surface area contributed by atoms with Crippen LogP contribution in [-0.2, 0) is 0 Å². The zero-order valence-electron chi connectivity index (χ0n) is 11.1. The van der Waals surface area contributed by atoms with Crippen LogP contribution < -0.4 is 5.32 Å². The fourth-order valence-corrected chi connectivity index (χ4v) is 2.83. The normalized spacial score (nSPS) is 12.8. The van der Waals surface area contributed by atoms with Gasteiger partial charge in [0, 0.05) is 9.75 Å². The lowest BCUT2D eigenvalue weighted by Gasteiger charge is -2.12. The molecular weight excluding hydrogens is 258 g/mol. The maximum absolute atomic E-state index is 4.49. The third kappa shape index (κ3) is 2.31. The summed E-state index contributed by atoms with van der Waals surface area (Å²) in [6.45, 7) is 6.14. The first-order valence-electron chi connectivity index (χ1n) is 6.15. The highest BCUT2D eigenvalue weighted by molar-refractivity contribution is 7.12. The van der Waals surface area contributed by atoms with Crippen LogP contribution in [0.5, 0.6) is 0 Å². The summed E-state index contributed by atoms with van der Waals surface area (Å²) in [4.78, 5) is 2.63. The van der Waals surface area contributed by atoms with Gasteiger partial charge in [-0.15, -0.1) is 26.6 Å². The van der Waals surface area contributed by atoms with Gasteiger partial charge in [0.25, 0.3) is 0 Å². The van der Waals surface area contributed by atoms with Gasteiger partial charge in [-0.25, -0.2) is 0 Å². The number of thiophene rings is 1. The van der Waals surface area contributed by atoms with Crippen LogP contribution in [0.15, 0.2) is 24.3 Å². The average molecular weight is 273 g/mol. The number of nitrogens with one attached hydrogen (secondary N) is 1. The van der Waals surface area contributed by atoms with Crippen molar-refractivity contribution in [2.24, 2.45) is 0 Å². The van der Waals surface area contributed by atoms with Gasteiger partial charge in [-0.3, -0.25) is 0 Å². The topological polar surface area (TPSA) is 55.1 Å². The molecule has 0 aliphatic carbocycles. The molecule has 0 radical (unpaired) electrons. The molecule has 98 valence electrons. The van der Waals surface area contributed by atoms with Crippen LogP contribution >= 0.6 is 11.3 Å². The van der Waals surface area contributed by atoms with Crippen LogP contribution in [0.2, 0.25) is 0 Å². The molecule has 0 aliphatic rings. The van der Waals surface area contributed by atoms with E-state index in [4.69, 9.17) is 0 Å². The Morgan fingerprint density at radius 3 is 2.74 bits per heavy atom. The van der Waals surface area contributed by atoms with Gasteiger partial charge in [0.05, 0.1) is 6.04 Å². The second kappa shape index (κ2) is 4.62. The molecule has 3 heterocycles. The Bertz CT molecular complexity index is 715. The molecule has 0 fully saturated rings. The van der Waals surface area contributed by atoms with Crippen molar-refractivity contribution < 1.29 is 0 Å². The fraction of sp³-hybridized carbons (Fsp3) is 0.308. The Balaban J connectivity index is 1.86. The summed E-state index contributed by atoms with van der Waals surface area (Å²) in [7, 11) is 0. The van der Waals surface area contributed by atoms with E-state index in [1.54, 1.807) is 15.9 Å². The number of hydrogen-bond acceptors (Lipinski definition) is 5. The molecule has 0 amide bonds. The number of anilines is 1. The Hall–Kier alpha value is -1.95. The predicted octanol–water partition coefficient (Wildman–Crippen LogP) is 2.98. The maximum atomic E-state index is 4.49. The highest BCUT2D eigenvalue weighted by atomic mass is 32.1. The largest absolute Gasteiger partial charge is 0.361 e. The molecule has 0 saturated heterocycles. The summed E-state index contributed by atoms with van der Waals surface area (Å²) < 4.78 is 1.74. The molecule has 0 spiro atoms. The second-order valence-electron chi connectivity index (χ2n) is 4.55. The van der Waals surface area contributed by atoms with Gasteiger partial charge in [-0.05, 0) is 45.0 Å². The highest BCUT2D eigenvalue weighted by Gasteiger charge is 2.09. The molecule has 0 aliphatic heterocycles. The minimum Gasteiger partial charge on any atom is -0.361 e. The summed E-state index contributed by atoms with van der Waals surface area (Å²) in [5.41, 5.74) is 0.766. The molecule has 19 heavy (non-hydrogen) atoms. The lowest BCUT2D eigenvalue weighted by Crippen LogP contribution is -2.08. The smallest absolute Gasteiger partial charge is 0.178 e. The molecule has 1 N–H and O–H groups in total. The van der Waals surface area contributed by atoms with Crippen molar-refractivity contribution in [1.29, 1.82) is 0 Å². The summed E-state index contributed by atoms with van der Waals surface area (Å²) in [5, 5.41) is 15.9. The van der Waals surface area contributed by atoms with Crippen molar-refractivity contribution in [1.82, 2.24) is 19.8 Å². The van der Waals surface area contributed by atoms with Gasteiger partial charge in [0.1, 0.15) is 5.82 Å². The van der Waals surface area contributed by atoms with E-state index in [1.807, 2.05) is 19.1 Å². The van der Waals surface area contributed by atoms with Crippen LogP contribution in [0.1, 0.15) is 28.5 Å². The molecule has 0 saturated carbocycles. The average Bonchev–Trinajstić information content (AvgIpc) is 2.97. The number of fused-ring (bicyclic) bond motifs is 1. The molecule has 1 atom stereocenters. The van der Waals surface area contributed by atoms with Gasteiger partial charge in [0.15, 0.2) is 11.5 Å². The molecular formula is C13H15N5S. The molecule has 6 heteroatoms. The zero-order chi connectivity index (χ0) is 13.4. The van der Waals surface area contributed by atoms with E-state index in [9.17, 15) is 0 Å². The summed E-state index contributed by atoms with van der Waals surface area (Å²) in [6.07, 6.45) is 0. The summed E-state index contributed by atoms with van der Waals surface area (Å²) >= 11 is 1.80. The molecule has 1 unspecified atom stereocenters. The van der Waals surface area contributed by atoms with Crippen molar-refractivity contribution in [3.05, 3.63) is 39.8 Å². The van der Waals surface area contributed by atoms with Gasteiger partial charge in [-0.1, -0.05) is 0 Å². The van der Waals surface area contributed by atoms with Crippen molar-refractivity contribution in [2.75, 3.05) is 5.32 Å². The minimum absolute atomic E-state index is 0.237. The second-order valence-corrected chi connectivity index (χ2v) is 5.87. The molecule has 5 nitrogen and oxygen atoms in total. The monoisotopic (exact) mass is 273 g/mol. The van der Waals surface area contributed by atoms with Crippen LogP contribution in [0.4, 0.5) is 5.82 Å². The van der Waals surface area contributed by atoms with Gasteiger partial charge < -0.3 is 5.32 Å². The Kier molecular flexibility index (Phi) is 2.94. The van der Waals surface area contributed by atoms with Crippen LogP contribution in [0.25, 0.3) is 5.65 Å². The first-order valence-corrected chi connectivity index (χ1v) is 6.97. The molecule has 0 bridgehead atoms. The Morgan fingerprint density at radius 1 is 1.16 bits per heavy atom. The first kappa shape index (κ1) is 12.1. The van der Waals surface area contributed by atoms with Crippen LogP contribution in [0, 0.1) is 13.8 Å². The standard InChI is InChI=1S/C13H15N5S/c1-8-4-5-11(19-8)9(2)14-12-6-7-13-16-15-10(3)18(13)17-12/h4-7,9H,1-3H3,(H,14,17). The van der Waals surface area contributed by atoms with E-state index in [-0.39, 0.29) is 6.04 Å². The van der Waals surface area contributed by atoms with Crippen molar-refractivity contribution in [2.45, 2.75) is 26.8 Å². The number of nitrogens with zero attached hydrogens (tertiary/aromatic N) is 4. The van der Waals surface area contributed by atoms with Gasteiger partial charge in [-0.2, -0.15) is 4.52 Å². The maximum Gasteiger partial charge on any atom is 0.178 e. The number of aromatic nitrogens is 4. The van der Waals surface area contributed by atoms with Crippen molar-refractivity contribution >= 4 is 22.8 Å². The quantitative estimate of drug-likeness (QED) is 0.797. The highest BCUT2D eigenvalue weighted by Crippen LogP contribution is 2.25. The number of hydrogen-bond donors (Lipinski definition) is 1. The minimum atomic E-state index is 0.237. The third-order valence-corrected chi connectivity index (χ3v) is 4.15. The first-order chi connectivity index (χ1) is 9.13. The molecule has 3 aromatic rings. The van der Waals surface area contributed by atoms with E-state index in [1.165, 1.54) is 9.75 Å². The Morgan fingerprint density at radius 2 is 2.00 bits per heavy atom. The lowest BCUT2D eigenvalue weighted by molar-refractivity contribution is 0.838. The number of aryl methyl sites for hydroxylation is 2. The van der Waals surface area contributed by atoms with E-state index in [2.05, 4.69) is 46.6 Å². The lowest BCUT2D eigenvalue weighted by atomic mass is 10.2. The van der Waals surface area contributed by atoms with E-state index < -0.39 is 0 Å². The third-order valence-electron chi connectivity index (χ3n) is 2.97. The fourth-order valence-electron chi connectivity index (χ4n) is 1.95. The van der Waals surface area contributed by atoms with E-state index in [0.717, 1.165) is 17.3 Å².